The van der Waals surface area contributed by atoms with Crippen LogP contribution in [-0.4, -0.2) is 37.8 Å². The van der Waals surface area contributed by atoms with E-state index in [-0.39, 0.29) is 17.9 Å². The maximum absolute atomic E-state index is 14.2. The molecule has 0 aliphatic carbocycles. The second-order valence-corrected chi connectivity index (χ2v) is 9.31. The van der Waals surface area contributed by atoms with Crippen LogP contribution in [0.5, 0.6) is 0 Å². The molecule has 0 radical (unpaired) electrons. The second kappa shape index (κ2) is 10.3. The summed E-state index contributed by atoms with van der Waals surface area (Å²) in [5.74, 6) is 0.707. The monoisotopic (exact) mass is 481 g/mol. The van der Waals surface area contributed by atoms with E-state index in [0.717, 1.165) is 41.9 Å². The van der Waals surface area contributed by atoms with Crippen molar-refractivity contribution in [2.24, 2.45) is 7.05 Å². The fourth-order valence-electron chi connectivity index (χ4n) is 5.03. The number of piperidine rings is 1. The van der Waals surface area contributed by atoms with Crippen molar-refractivity contribution in [1.29, 1.82) is 0 Å². The topological polar surface area (TPSA) is 80.1 Å². The quantitative estimate of drug-likeness (QED) is 0.407. The van der Waals surface area contributed by atoms with E-state index in [2.05, 4.69) is 22.4 Å². The van der Waals surface area contributed by atoms with Crippen molar-refractivity contribution < 1.29 is 9.59 Å². The molecule has 7 nitrogen and oxygen atoms in total. The minimum atomic E-state index is -0.0995. The minimum Gasteiger partial charge on any atom is -0.330 e. The Morgan fingerprint density at radius 1 is 1.06 bits per heavy atom. The van der Waals surface area contributed by atoms with Crippen molar-refractivity contribution >= 4 is 28.5 Å². The Morgan fingerprint density at radius 3 is 2.61 bits per heavy atom. The molecule has 1 N–H and O–H groups in total. The summed E-state index contributed by atoms with van der Waals surface area (Å²) in [6, 6.07) is 19.6. The molecule has 3 heterocycles. The van der Waals surface area contributed by atoms with Gasteiger partial charge in [0, 0.05) is 38.3 Å². The molecule has 0 saturated carbocycles. The molecule has 1 aliphatic heterocycles. The average Bonchev–Trinajstić information content (AvgIpc) is 3.23. The molecule has 0 bridgehead atoms. The molecular weight excluding hydrogens is 450 g/mol. The predicted molar refractivity (Wildman–Crippen MR) is 141 cm³/mol. The molecule has 2 aromatic carbocycles. The van der Waals surface area contributed by atoms with Gasteiger partial charge in [-0.05, 0) is 49.1 Å². The largest absolute Gasteiger partial charge is 0.330 e. The van der Waals surface area contributed by atoms with E-state index in [9.17, 15) is 9.59 Å². The van der Waals surface area contributed by atoms with Gasteiger partial charge in [0.2, 0.25) is 5.91 Å². The molecule has 1 saturated heterocycles. The number of nitrogens with one attached hydrogen (secondary N) is 1. The number of hydrogen-bond acceptors (Lipinski definition) is 4. The zero-order valence-electron chi connectivity index (χ0n) is 20.8. The molecule has 1 aliphatic rings. The molecule has 36 heavy (non-hydrogen) atoms. The van der Waals surface area contributed by atoms with Gasteiger partial charge in [-0.15, -0.1) is 0 Å². The number of nitrogens with zero attached hydrogens (tertiary/aromatic N) is 4. The van der Waals surface area contributed by atoms with Gasteiger partial charge in [0.25, 0.3) is 5.91 Å². The average molecular weight is 482 g/mol. The highest BCUT2D eigenvalue weighted by atomic mass is 16.2. The molecule has 0 unspecified atom stereocenters. The third-order valence-corrected chi connectivity index (χ3v) is 6.90. The van der Waals surface area contributed by atoms with E-state index in [4.69, 9.17) is 4.98 Å². The van der Waals surface area contributed by atoms with Crippen LogP contribution in [0.3, 0.4) is 0 Å². The lowest BCUT2D eigenvalue weighted by Gasteiger charge is -2.35. The molecule has 1 fully saturated rings. The third-order valence-electron chi connectivity index (χ3n) is 6.90. The standard InChI is InChI=1S/C29H31N5O2/c1-3-27(35)31-21-18-22(29(36)34-16-10-8-14-25(34)23-13-7-9-15-30-23)28-24(19-21)32-26(33(28)2)17-20-11-5-4-6-12-20/h4-7,9,11-13,15,18-19,25H,3,8,10,14,16-17H2,1-2H3,(H,31,35)/t25-/m1/s1. The van der Waals surface area contributed by atoms with Gasteiger partial charge in [-0.25, -0.2) is 4.98 Å². The number of pyridine rings is 1. The lowest BCUT2D eigenvalue weighted by Crippen LogP contribution is -2.39. The summed E-state index contributed by atoms with van der Waals surface area (Å²) in [5, 5.41) is 2.93. The highest BCUT2D eigenvalue weighted by Crippen LogP contribution is 2.34. The van der Waals surface area contributed by atoms with Gasteiger partial charge in [-0.3, -0.25) is 14.6 Å². The number of anilines is 1. The lowest BCUT2D eigenvalue weighted by atomic mass is 9.97. The maximum atomic E-state index is 14.2. The zero-order valence-corrected chi connectivity index (χ0v) is 20.8. The van der Waals surface area contributed by atoms with Crippen LogP contribution < -0.4 is 5.32 Å². The highest BCUT2D eigenvalue weighted by molar-refractivity contribution is 6.08. The number of fused-ring (bicyclic) bond motifs is 1. The molecule has 2 aromatic heterocycles. The Balaban J connectivity index is 1.60. The minimum absolute atomic E-state index is 0.0581. The Kier molecular flexibility index (Phi) is 6.80. The molecule has 4 aromatic rings. The van der Waals surface area contributed by atoms with E-state index >= 15 is 0 Å². The van der Waals surface area contributed by atoms with Gasteiger partial charge in [-0.2, -0.15) is 0 Å². The normalized spacial score (nSPS) is 15.7. The van der Waals surface area contributed by atoms with Gasteiger partial charge < -0.3 is 14.8 Å². The van der Waals surface area contributed by atoms with Gasteiger partial charge in [0.05, 0.1) is 28.3 Å². The first-order chi connectivity index (χ1) is 17.5. The van der Waals surface area contributed by atoms with Crippen molar-refractivity contribution in [1.82, 2.24) is 19.4 Å². The predicted octanol–water partition coefficient (Wildman–Crippen LogP) is 5.28. The molecular formula is C29H31N5O2. The first-order valence-electron chi connectivity index (χ1n) is 12.6. The van der Waals surface area contributed by atoms with Crippen LogP contribution in [0.2, 0.25) is 0 Å². The first kappa shape index (κ1) is 23.7. The van der Waals surface area contributed by atoms with Crippen LogP contribution in [0.4, 0.5) is 5.69 Å². The smallest absolute Gasteiger partial charge is 0.256 e. The Hall–Kier alpha value is -4.00. The molecule has 0 spiro atoms. The first-order valence-corrected chi connectivity index (χ1v) is 12.6. The molecule has 7 heteroatoms. The van der Waals surface area contributed by atoms with E-state index in [1.165, 1.54) is 0 Å². The van der Waals surface area contributed by atoms with Crippen LogP contribution in [0.1, 0.15) is 66.1 Å². The molecule has 5 rings (SSSR count). The summed E-state index contributed by atoms with van der Waals surface area (Å²) in [6.07, 6.45) is 5.67. The number of hydrogen-bond donors (Lipinski definition) is 1. The van der Waals surface area contributed by atoms with Crippen molar-refractivity contribution in [3.63, 3.8) is 0 Å². The van der Waals surface area contributed by atoms with Crippen molar-refractivity contribution in [2.45, 2.75) is 45.1 Å². The van der Waals surface area contributed by atoms with Crippen LogP contribution >= 0.6 is 0 Å². The summed E-state index contributed by atoms with van der Waals surface area (Å²) in [6.45, 7) is 2.48. The van der Waals surface area contributed by atoms with Crippen molar-refractivity contribution in [2.75, 3.05) is 11.9 Å². The van der Waals surface area contributed by atoms with Gasteiger partial charge >= 0.3 is 0 Å². The third kappa shape index (κ3) is 4.73. The molecule has 2 amide bonds. The second-order valence-electron chi connectivity index (χ2n) is 9.31. The number of amides is 2. The summed E-state index contributed by atoms with van der Waals surface area (Å²) in [7, 11) is 1.96. The van der Waals surface area contributed by atoms with E-state index in [1.807, 2.05) is 65.9 Å². The van der Waals surface area contributed by atoms with Gasteiger partial charge in [0.15, 0.2) is 0 Å². The zero-order chi connectivity index (χ0) is 25.1. The summed E-state index contributed by atoms with van der Waals surface area (Å²) >= 11 is 0. The highest BCUT2D eigenvalue weighted by Gasteiger charge is 2.31. The summed E-state index contributed by atoms with van der Waals surface area (Å²) in [5.41, 5.74) is 4.68. The fraction of sp³-hybridized carbons (Fsp3) is 0.310. The van der Waals surface area contributed by atoms with Gasteiger partial charge in [0.1, 0.15) is 5.82 Å². The van der Waals surface area contributed by atoms with Gasteiger partial charge in [-0.1, -0.05) is 43.3 Å². The number of aromatic nitrogens is 3. The van der Waals surface area contributed by atoms with Crippen LogP contribution in [0.25, 0.3) is 11.0 Å². The summed E-state index contributed by atoms with van der Waals surface area (Å²) in [4.78, 5) is 37.8. The van der Waals surface area contributed by atoms with Crippen LogP contribution in [0, 0.1) is 0 Å². The van der Waals surface area contributed by atoms with Crippen molar-refractivity contribution in [3.05, 3.63) is 89.5 Å². The number of rotatable bonds is 6. The van der Waals surface area contributed by atoms with E-state index in [0.29, 0.717) is 36.2 Å². The molecule has 184 valence electrons. The number of benzene rings is 2. The fourth-order valence-corrected chi connectivity index (χ4v) is 5.03. The number of carbonyl (C=O) groups excluding carboxylic acids is 2. The Bertz CT molecular complexity index is 1380. The molecule has 1 atom stereocenters. The summed E-state index contributed by atoms with van der Waals surface area (Å²) < 4.78 is 2.01. The Morgan fingerprint density at radius 2 is 1.86 bits per heavy atom. The number of aryl methyl sites for hydroxylation is 1. The van der Waals surface area contributed by atoms with Crippen LogP contribution in [0.15, 0.2) is 66.9 Å². The lowest BCUT2D eigenvalue weighted by molar-refractivity contribution is -0.115. The number of imidazole rings is 1. The van der Waals surface area contributed by atoms with Crippen molar-refractivity contribution in [3.8, 4) is 0 Å². The number of carbonyl (C=O) groups is 2. The van der Waals surface area contributed by atoms with Crippen LogP contribution in [-0.2, 0) is 18.3 Å². The van der Waals surface area contributed by atoms with E-state index < -0.39 is 0 Å². The SMILES string of the molecule is CCC(=O)Nc1cc(C(=O)N2CCCC[C@@H]2c2ccccn2)c2c(c1)nc(Cc1ccccc1)n2C. The maximum Gasteiger partial charge on any atom is 0.256 e. The number of likely N-dealkylation sites (tertiary alicyclic amines) is 1. The van der Waals surface area contributed by atoms with E-state index in [1.54, 1.807) is 12.3 Å². The Labute approximate surface area is 211 Å².